The summed E-state index contributed by atoms with van der Waals surface area (Å²) in [5.74, 6) is -0.699. The first-order valence-corrected chi connectivity index (χ1v) is 4.81. The van der Waals surface area contributed by atoms with Gasteiger partial charge in [0, 0.05) is 5.57 Å². The van der Waals surface area contributed by atoms with E-state index in [1.165, 1.54) is 7.11 Å². The van der Waals surface area contributed by atoms with E-state index >= 15 is 0 Å². The number of methoxy groups -OCH3 is 1. The number of azo groups is 1. The van der Waals surface area contributed by atoms with E-state index in [0.29, 0.717) is 4.61 Å². The molecule has 5 heteroatoms. The monoisotopic (exact) mass is 254 g/mol. The Morgan fingerprint density at radius 1 is 1.57 bits per heavy atom. The number of nitrogens with zero attached hydrogens (tertiary/aromatic N) is 2. The van der Waals surface area contributed by atoms with Crippen LogP contribution in [0.3, 0.4) is 0 Å². The van der Waals surface area contributed by atoms with E-state index in [-0.39, 0.29) is 5.97 Å². The smallest absolute Gasteiger partial charge is 0.317 e. The summed E-state index contributed by atoms with van der Waals surface area (Å²) in [6, 6.07) is 0. The molecule has 0 radical (unpaired) electrons. The molecular formula is C9H7BrN2O2. The van der Waals surface area contributed by atoms with E-state index in [2.05, 4.69) is 26.2 Å². The molecule has 0 aromatic heterocycles. The van der Waals surface area contributed by atoms with Crippen molar-refractivity contribution in [3.05, 3.63) is 34.1 Å². The number of rotatable bonds is 1. The molecule has 1 aliphatic heterocycles. The standard InChI is InChI=1S/C9H7BrN2O2/c1-14-9(13)5-3-2-4-6-7(5)8(10)12-11-6/h2-5H,1H3/t5-/m1/s1. The summed E-state index contributed by atoms with van der Waals surface area (Å²) in [5.41, 5.74) is 1.49. The molecule has 1 atom stereocenters. The summed E-state index contributed by atoms with van der Waals surface area (Å²) in [5, 5.41) is 7.76. The molecule has 0 unspecified atom stereocenters. The number of carbonyl (C=O) groups excluding carboxylic acids is 1. The number of ether oxygens (including phenoxy) is 1. The SMILES string of the molecule is COC(=O)[C@@H]1C=CC=C2N=NC(Br)=C21. The maximum atomic E-state index is 11.4. The number of carbonyl (C=O) groups is 1. The van der Waals surface area contributed by atoms with Crippen LogP contribution in [0.2, 0.25) is 0 Å². The maximum Gasteiger partial charge on any atom is 0.317 e. The van der Waals surface area contributed by atoms with Gasteiger partial charge >= 0.3 is 5.97 Å². The van der Waals surface area contributed by atoms with Gasteiger partial charge in [-0.15, -0.1) is 10.2 Å². The fourth-order valence-electron chi connectivity index (χ4n) is 1.40. The van der Waals surface area contributed by atoms with Crippen LogP contribution in [0.1, 0.15) is 0 Å². The highest BCUT2D eigenvalue weighted by atomic mass is 79.9. The van der Waals surface area contributed by atoms with Crippen LogP contribution in [-0.2, 0) is 9.53 Å². The van der Waals surface area contributed by atoms with Gasteiger partial charge in [-0.2, -0.15) is 0 Å². The third-order valence-electron chi connectivity index (χ3n) is 2.07. The molecule has 2 rings (SSSR count). The van der Waals surface area contributed by atoms with Gasteiger partial charge in [-0.25, -0.2) is 0 Å². The Hall–Kier alpha value is -1.23. The minimum absolute atomic E-state index is 0.300. The Morgan fingerprint density at radius 3 is 3.07 bits per heavy atom. The van der Waals surface area contributed by atoms with Crippen molar-refractivity contribution in [2.45, 2.75) is 0 Å². The highest BCUT2D eigenvalue weighted by molar-refractivity contribution is 9.11. The largest absolute Gasteiger partial charge is 0.468 e. The zero-order valence-corrected chi connectivity index (χ0v) is 8.98. The van der Waals surface area contributed by atoms with Crippen LogP contribution in [0, 0.1) is 5.92 Å². The summed E-state index contributed by atoms with van der Waals surface area (Å²) < 4.78 is 5.29. The van der Waals surface area contributed by atoms with Crippen LogP contribution in [0.15, 0.2) is 44.3 Å². The van der Waals surface area contributed by atoms with E-state index < -0.39 is 5.92 Å². The van der Waals surface area contributed by atoms with Crippen molar-refractivity contribution in [3.8, 4) is 0 Å². The van der Waals surface area contributed by atoms with Crippen LogP contribution in [-0.4, -0.2) is 13.1 Å². The number of esters is 1. The highest BCUT2D eigenvalue weighted by Gasteiger charge is 2.31. The molecule has 0 bridgehead atoms. The Kier molecular flexibility index (Phi) is 2.33. The molecule has 0 saturated carbocycles. The lowest BCUT2D eigenvalue weighted by Gasteiger charge is -2.14. The highest BCUT2D eigenvalue weighted by Crippen LogP contribution is 2.37. The Bertz CT molecular complexity index is 407. The van der Waals surface area contributed by atoms with Crippen LogP contribution in [0.4, 0.5) is 0 Å². The van der Waals surface area contributed by atoms with Crippen molar-refractivity contribution in [1.29, 1.82) is 0 Å². The Morgan fingerprint density at radius 2 is 2.36 bits per heavy atom. The summed E-state index contributed by atoms with van der Waals surface area (Å²) >= 11 is 3.25. The van der Waals surface area contributed by atoms with Crippen molar-refractivity contribution >= 4 is 21.9 Å². The van der Waals surface area contributed by atoms with Crippen molar-refractivity contribution in [2.75, 3.05) is 7.11 Å². The van der Waals surface area contributed by atoms with E-state index in [0.717, 1.165) is 11.3 Å². The number of hydrogen-bond acceptors (Lipinski definition) is 4. The number of fused-ring (bicyclic) bond motifs is 1. The van der Waals surface area contributed by atoms with Crippen molar-refractivity contribution in [3.63, 3.8) is 0 Å². The minimum atomic E-state index is -0.399. The van der Waals surface area contributed by atoms with Crippen LogP contribution < -0.4 is 0 Å². The molecular weight excluding hydrogens is 248 g/mol. The lowest BCUT2D eigenvalue weighted by molar-refractivity contribution is -0.142. The summed E-state index contributed by atoms with van der Waals surface area (Å²) in [4.78, 5) is 11.4. The lowest BCUT2D eigenvalue weighted by atomic mass is 9.93. The van der Waals surface area contributed by atoms with Crippen LogP contribution >= 0.6 is 15.9 Å². The molecule has 14 heavy (non-hydrogen) atoms. The van der Waals surface area contributed by atoms with Crippen molar-refractivity contribution in [2.24, 2.45) is 16.1 Å². The molecule has 4 nitrogen and oxygen atoms in total. The Balaban J connectivity index is 2.40. The van der Waals surface area contributed by atoms with Crippen molar-refractivity contribution < 1.29 is 9.53 Å². The first-order valence-electron chi connectivity index (χ1n) is 4.02. The predicted molar refractivity (Wildman–Crippen MR) is 53.5 cm³/mol. The maximum absolute atomic E-state index is 11.4. The fourth-order valence-corrected chi connectivity index (χ4v) is 1.93. The molecule has 0 N–H and O–H groups in total. The average Bonchev–Trinajstić information content (AvgIpc) is 2.59. The molecule has 72 valence electrons. The normalized spacial score (nSPS) is 23.6. The van der Waals surface area contributed by atoms with E-state index in [4.69, 9.17) is 4.74 Å². The lowest BCUT2D eigenvalue weighted by Crippen LogP contribution is -2.18. The second kappa shape index (κ2) is 3.49. The average molecular weight is 255 g/mol. The van der Waals surface area contributed by atoms with Gasteiger partial charge in [0.05, 0.1) is 12.8 Å². The van der Waals surface area contributed by atoms with Crippen LogP contribution in [0.5, 0.6) is 0 Å². The molecule has 0 spiro atoms. The van der Waals surface area contributed by atoms with Gasteiger partial charge in [-0.1, -0.05) is 12.2 Å². The molecule has 1 heterocycles. The number of hydrogen-bond donors (Lipinski definition) is 0. The van der Waals surface area contributed by atoms with Gasteiger partial charge in [-0.3, -0.25) is 4.79 Å². The van der Waals surface area contributed by atoms with E-state index in [9.17, 15) is 4.79 Å². The van der Waals surface area contributed by atoms with Gasteiger partial charge < -0.3 is 4.74 Å². The van der Waals surface area contributed by atoms with Gasteiger partial charge in [0.1, 0.15) is 10.5 Å². The molecule has 0 aromatic rings. The van der Waals surface area contributed by atoms with E-state index in [1.807, 2.05) is 6.08 Å². The molecule has 0 fully saturated rings. The summed E-state index contributed by atoms with van der Waals surface area (Å²) in [6.07, 6.45) is 5.36. The zero-order chi connectivity index (χ0) is 10.1. The topological polar surface area (TPSA) is 51.0 Å². The van der Waals surface area contributed by atoms with Gasteiger partial charge in [0.15, 0.2) is 0 Å². The van der Waals surface area contributed by atoms with Gasteiger partial charge in [0.2, 0.25) is 0 Å². The minimum Gasteiger partial charge on any atom is -0.468 e. The molecule has 2 aliphatic rings. The summed E-state index contributed by atoms with van der Waals surface area (Å²) in [7, 11) is 1.37. The van der Waals surface area contributed by atoms with E-state index in [1.54, 1.807) is 12.2 Å². The van der Waals surface area contributed by atoms with Gasteiger partial charge in [-0.05, 0) is 22.0 Å². The van der Waals surface area contributed by atoms with Crippen molar-refractivity contribution in [1.82, 2.24) is 0 Å². The second-order valence-corrected chi connectivity index (χ2v) is 3.59. The third-order valence-corrected chi connectivity index (χ3v) is 2.65. The summed E-state index contributed by atoms with van der Waals surface area (Å²) in [6.45, 7) is 0. The molecule has 0 aromatic carbocycles. The molecule has 1 aliphatic carbocycles. The first-order chi connectivity index (χ1) is 6.74. The first kappa shape index (κ1) is 9.33. The molecule has 0 saturated heterocycles. The second-order valence-electron chi connectivity index (χ2n) is 2.84. The number of allylic oxidation sites excluding steroid dienone is 3. The van der Waals surface area contributed by atoms with Crippen LogP contribution in [0.25, 0.3) is 0 Å². The predicted octanol–water partition coefficient (Wildman–Crippen LogP) is 2.30. The quantitative estimate of drug-likeness (QED) is 0.533. The third kappa shape index (κ3) is 1.33. The zero-order valence-electron chi connectivity index (χ0n) is 7.40. The molecule has 0 amide bonds. The fraction of sp³-hybridized carbons (Fsp3) is 0.222. The Labute approximate surface area is 89.2 Å². The van der Waals surface area contributed by atoms with Gasteiger partial charge in [0.25, 0.3) is 0 Å². The number of halogens is 1.